The summed E-state index contributed by atoms with van der Waals surface area (Å²) < 4.78 is 18.7. The average Bonchev–Trinajstić information content (AvgIpc) is 3.24. The molecule has 0 fully saturated rings. The van der Waals surface area contributed by atoms with Gasteiger partial charge in [-0.1, -0.05) is 30.3 Å². The number of amides is 1. The summed E-state index contributed by atoms with van der Waals surface area (Å²) >= 11 is 1.25. The molecule has 0 saturated carbocycles. The molecule has 1 amide bonds. The van der Waals surface area contributed by atoms with E-state index in [1.807, 2.05) is 19.9 Å². The third-order valence-electron chi connectivity index (χ3n) is 4.43. The van der Waals surface area contributed by atoms with Gasteiger partial charge in [0.1, 0.15) is 10.8 Å². The Kier molecular flexibility index (Phi) is 6.72. The van der Waals surface area contributed by atoms with Crippen molar-refractivity contribution in [3.63, 3.8) is 0 Å². The van der Waals surface area contributed by atoms with Crippen LogP contribution >= 0.6 is 11.3 Å². The maximum absolute atomic E-state index is 13.1. The van der Waals surface area contributed by atoms with Gasteiger partial charge in [0, 0.05) is 29.6 Å². The molecule has 1 heterocycles. The smallest absolute Gasteiger partial charge is 0.358 e. The van der Waals surface area contributed by atoms with E-state index in [2.05, 4.69) is 4.98 Å². The van der Waals surface area contributed by atoms with Gasteiger partial charge in [-0.25, -0.2) is 14.2 Å². The van der Waals surface area contributed by atoms with Gasteiger partial charge in [-0.05, 0) is 38.1 Å². The molecule has 3 rings (SSSR count). The molecule has 0 radical (unpaired) electrons. The number of rotatable bonds is 7. The summed E-state index contributed by atoms with van der Waals surface area (Å²) in [6.45, 7) is 4.78. The summed E-state index contributed by atoms with van der Waals surface area (Å²) in [5.41, 5.74) is 1.42. The van der Waals surface area contributed by atoms with Gasteiger partial charge in [0.05, 0.1) is 0 Å². The van der Waals surface area contributed by atoms with Crippen molar-refractivity contribution in [2.45, 2.75) is 20.0 Å². The molecule has 5 nitrogen and oxygen atoms in total. The summed E-state index contributed by atoms with van der Waals surface area (Å²) in [7, 11) is 0. The minimum atomic E-state index is -1.04. The van der Waals surface area contributed by atoms with Gasteiger partial charge in [-0.2, -0.15) is 0 Å². The van der Waals surface area contributed by atoms with E-state index in [1.165, 1.54) is 23.5 Å². The molecule has 7 heteroatoms. The van der Waals surface area contributed by atoms with Crippen LogP contribution in [0.4, 0.5) is 4.39 Å². The first kappa shape index (κ1) is 20.7. The zero-order valence-electron chi connectivity index (χ0n) is 16.2. The summed E-state index contributed by atoms with van der Waals surface area (Å²) in [6.07, 6.45) is -1.04. The number of halogens is 1. The van der Waals surface area contributed by atoms with E-state index in [0.29, 0.717) is 29.2 Å². The van der Waals surface area contributed by atoms with Gasteiger partial charge in [-0.3, -0.25) is 4.79 Å². The Labute approximate surface area is 172 Å². The van der Waals surface area contributed by atoms with Crippen LogP contribution in [0.15, 0.2) is 60.0 Å². The van der Waals surface area contributed by atoms with Crippen molar-refractivity contribution in [1.82, 2.24) is 9.88 Å². The van der Waals surface area contributed by atoms with Crippen LogP contribution in [0.25, 0.3) is 10.6 Å². The summed E-state index contributed by atoms with van der Waals surface area (Å²) in [6, 6.07) is 14.8. The Morgan fingerprint density at radius 1 is 1.07 bits per heavy atom. The molecule has 0 aliphatic carbocycles. The van der Waals surface area contributed by atoms with Crippen LogP contribution in [0, 0.1) is 5.82 Å². The second kappa shape index (κ2) is 9.43. The molecule has 0 bridgehead atoms. The maximum atomic E-state index is 13.1. The molecule has 0 aliphatic heterocycles. The van der Waals surface area contributed by atoms with E-state index in [4.69, 9.17) is 4.74 Å². The lowest BCUT2D eigenvalue weighted by Gasteiger charge is -2.25. The topological polar surface area (TPSA) is 59.5 Å². The van der Waals surface area contributed by atoms with E-state index < -0.39 is 12.1 Å². The minimum absolute atomic E-state index is 0.114. The van der Waals surface area contributed by atoms with Gasteiger partial charge in [0.2, 0.25) is 6.10 Å². The lowest BCUT2D eigenvalue weighted by atomic mass is 10.1. The van der Waals surface area contributed by atoms with Crippen LogP contribution in [0.2, 0.25) is 0 Å². The number of thiazole rings is 1. The van der Waals surface area contributed by atoms with Crippen LogP contribution in [0.5, 0.6) is 0 Å². The third-order valence-corrected chi connectivity index (χ3v) is 5.32. The molecular weight excluding hydrogens is 391 g/mol. The predicted molar refractivity (Wildman–Crippen MR) is 110 cm³/mol. The van der Waals surface area contributed by atoms with Crippen molar-refractivity contribution >= 4 is 23.2 Å². The zero-order valence-corrected chi connectivity index (χ0v) is 17.0. The van der Waals surface area contributed by atoms with Gasteiger partial charge in [-0.15, -0.1) is 11.3 Å². The largest absolute Gasteiger partial charge is 0.443 e. The summed E-state index contributed by atoms with van der Waals surface area (Å²) in [5.74, 6) is -1.29. The van der Waals surface area contributed by atoms with Crippen LogP contribution in [0.1, 0.15) is 36.0 Å². The summed E-state index contributed by atoms with van der Waals surface area (Å²) in [5, 5.41) is 2.15. The van der Waals surface area contributed by atoms with Crippen molar-refractivity contribution in [2.24, 2.45) is 0 Å². The first-order valence-electron chi connectivity index (χ1n) is 9.29. The molecule has 0 spiro atoms. The molecule has 0 saturated heterocycles. The second-order valence-corrected chi connectivity index (χ2v) is 7.11. The van der Waals surface area contributed by atoms with E-state index >= 15 is 0 Å². The standard InChI is InChI=1S/C22H21FN2O3S/c1-3-25(4-2)21(26)19(15-8-6-5-7-9-15)28-22(27)18-14-29-20(24-18)16-10-12-17(23)13-11-16/h5-14,19H,3-4H2,1-2H3/t19-/m0/s1. The fourth-order valence-electron chi connectivity index (χ4n) is 2.85. The maximum Gasteiger partial charge on any atom is 0.358 e. The summed E-state index contributed by atoms with van der Waals surface area (Å²) in [4.78, 5) is 31.6. The molecule has 2 aromatic carbocycles. The molecule has 150 valence electrons. The van der Waals surface area contributed by atoms with E-state index in [-0.39, 0.29) is 17.4 Å². The highest BCUT2D eigenvalue weighted by Gasteiger charge is 2.29. The van der Waals surface area contributed by atoms with E-state index in [0.717, 1.165) is 0 Å². The number of benzene rings is 2. The lowest BCUT2D eigenvalue weighted by Crippen LogP contribution is -2.36. The van der Waals surface area contributed by atoms with Crippen molar-refractivity contribution in [2.75, 3.05) is 13.1 Å². The third kappa shape index (κ3) is 4.86. The molecule has 1 aromatic heterocycles. The first-order valence-corrected chi connectivity index (χ1v) is 10.2. The highest BCUT2D eigenvalue weighted by Crippen LogP contribution is 2.26. The second-order valence-electron chi connectivity index (χ2n) is 6.25. The average molecular weight is 412 g/mol. The number of esters is 1. The fraction of sp³-hybridized carbons (Fsp3) is 0.227. The Hall–Kier alpha value is -3.06. The van der Waals surface area contributed by atoms with Gasteiger partial charge in [0.15, 0.2) is 5.69 Å². The lowest BCUT2D eigenvalue weighted by molar-refractivity contribution is -0.140. The monoisotopic (exact) mass is 412 g/mol. The quantitative estimate of drug-likeness (QED) is 0.527. The Bertz CT molecular complexity index is 969. The Morgan fingerprint density at radius 2 is 1.72 bits per heavy atom. The molecule has 1 atom stereocenters. The molecule has 0 N–H and O–H groups in total. The number of aromatic nitrogens is 1. The number of nitrogens with zero attached hydrogens (tertiary/aromatic N) is 2. The van der Waals surface area contributed by atoms with Crippen LogP contribution in [0.3, 0.4) is 0 Å². The van der Waals surface area contributed by atoms with Gasteiger partial charge >= 0.3 is 5.97 Å². The van der Waals surface area contributed by atoms with Crippen molar-refractivity contribution < 1.29 is 18.7 Å². The highest BCUT2D eigenvalue weighted by atomic mass is 32.1. The molecular formula is C22H21FN2O3S. The van der Waals surface area contributed by atoms with E-state index in [1.54, 1.807) is 46.7 Å². The first-order chi connectivity index (χ1) is 14.0. The number of ether oxygens (including phenoxy) is 1. The number of hydrogen-bond acceptors (Lipinski definition) is 5. The predicted octanol–water partition coefficient (Wildman–Crippen LogP) is 4.72. The zero-order chi connectivity index (χ0) is 20.8. The number of carbonyl (C=O) groups is 2. The van der Waals surface area contributed by atoms with Crippen LogP contribution < -0.4 is 0 Å². The van der Waals surface area contributed by atoms with E-state index in [9.17, 15) is 14.0 Å². The molecule has 0 unspecified atom stereocenters. The number of carbonyl (C=O) groups excluding carboxylic acids is 2. The van der Waals surface area contributed by atoms with Gasteiger partial charge < -0.3 is 9.64 Å². The van der Waals surface area contributed by atoms with Crippen LogP contribution in [-0.2, 0) is 9.53 Å². The van der Waals surface area contributed by atoms with Crippen LogP contribution in [-0.4, -0.2) is 34.8 Å². The number of likely N-dealkylation sites (N-methyl/N-ethyl adjacent to an activating group) is 1. The van der Waals surface area contributed by atoms with Crippen molar-refractivity contribution in [3.05, 3.63) is 77.1 Å². The fourth-order valence-corrected chi connectivity index (χ4v) is 3.65. The molecule has 3 aromatic rings. The Morgan fingerprint density at radius 3 is 2.34 bits per heavy atom. The normalized spacial score (nSPS) is 11.7. The molecule has 0 aliphatic rings. The Balaban J connectivity index is 1.83. The van der Waals surface area contributed by atoms with Crippen molar-refractivity contribution in [1.29, 1.82) is 0 Å². The number of hydrogen-bond donors (Lipinski definition) is 0. The van der Waals surface area contributed by atoms with Crippen molar-refractivity contribution in [3.8, 4) is 10.6 Å². The highest BCUT2D eigenvalue weighted by molar-refractivity contribution is 7.13. The SMILES string of the molecule is CCN(CC)C(=O)[C@@H](OC(=O)c1csc(-c2ccc(F)cc2)n1)c1ccccc1. The van der Waals surface area contributed by atoms with Gasteiger partial charge in [0.25, 0.3) is 5.91 Å². The minimum Gasteiger partial charge on any atom is -0.443 e. The molecule has 29 heavy (non-hydrogen) atoms.